The zero-order chi connectivity index (χ0) is 14.1. The third kappa shape index (κ3) is 2.38. The van der Waals surface area contributed by atoms with Crippen LogP contribution in [0, 0.1) is 0 Å². The molecule has 1 aliphatic rings. The molecule has 0 saturated heterocycles. The van der Waals surface area contributed by atoms with Gasteiger partial charge in [-0.25, -0.2) is 0 Å². The molecule has 0 aromatic carbocycles. The van der Waals surface area contributed by atoms with Crippen molar-refractivity contribution in [3.63, 3.8) is 0 Å². The Morgan fingerprint density at radius 2 is 2.15 bits per heavy atom. The molecule has 2 aromatic heterocycles. The van der Waals surface area contributed by atoms with Crippen molar-refractivity contribution >= 4 is 11.5 Å². The van der Waals surface area contributed by atoms with Gasteiger partial charge in [0.1, 0.15) is 12.1 Å². The topological polar surface area (TPSA) is 82.1 Å². The summed E-state index contributed by atoms with van der Waals surface area (Å²) in [4.78, 5) is 6.66. The van der Waals surface area contributed by atoms with E-state index in [4.69, 9.17) is 10.5 Å². The van der Waals surface area contributed by atoms with E-state index in [0.717, 1.165) is 24.7 Å². The second-order valence-corrected chi connectivity index (χ2v) is 5.09. The molecule has 3 rings (SSSR count). The Labute approximate surface area is 117 Å². The van der Waals surface area contributed by atoms with Crippen LogP contribution in [0.1, 0.15) is 19.7 Å². The molecule has 0 radical (unpaired) electrons. The molecule has 0 fully saturated rings. The fraction of sp³-hybridized carbons (Fsp3) is 0.462. The Balaban J connectivity index is 1.84. The van der Waals surface area contributed by atoms with E-state index in [1.54, 1.807) is 6.33 Å². The molecule has 0 atom stereocenters. The summed E-state index contributed by atoms with van der Waals surface area (Å²) in [5.74, 6) is 2.29. The van der Waals surface area contributed by atoms with E-state index in [0.29, 0.717) is 18.1 Å². The Morgan fingerprint density at radius 3 is 2.95 bits per heavy atom. The maximum Gasteiger partial charge on any atom is 0.239 e. The number of fused-ring (bicyclic) bond motifs is 1. The zero-order valence-corrected chi connectivity index (χ0v) is 11.7. The Bertz CT molecular complexity index is 609. The Morgan fingerprint density at radius 1 is 1.30 bits per heavy atom. The fourth-order valence-electron chi connectivity index (χ4n) is 2.20. The van der Waals surface area contributed by atoms with Gasteiger partial charge in [-0.15, -0.1) is 10.2 Å². The first-order valence-electron chi connectivity index (χ1n) is 6.68. The number of nitrogen functional groups attached to an aromatic ring is 1. The summed E-state index contributed by atoms with van der Waals surface area (Å²) < 4.78 is 7.69. The minimum Gasteiger partial charge on any atom is -0.473 e. The second-order valence-electron chi connectivity index (χ2n) is 5.09. The summed E-state index contributed by atoms with van der Waals surface area (Å²) in [6.45, 7) is 6.32. The van der Waals surface area contributed by atoms with Crippen molar-refractivity contribution in [2.75, 3.05) is 17.2 Å². The van der Waals surface area contributed by atoms with Crippen molar-refractivity contribution in [1.29, 1.82) is 0 Å². The Hall–Kier alpha value is -2.31. The lowest BCUT2D eigenvalue weighted by molar-refractivity contribution is 0.234. The molecular weight excluding hydrogens is 256 g/mol. The molecule has 0 bridgehead atoms. The first-order chi connectivity index (χ1) is 9.63. The third-order valence-corrected chi connectivity index (χ3v) is 3.19. The quantitative estimate of drug-likeness (QED) is 0.901. The van der Waals surface area contributed by atoms with Crippen molar-refractivity contribution in [2.45, 2.75) is 33.0 Å². The van der Waals surface area contributed by atoms with E-state index in [1.807, 2.05) is 26.0 Å². The minimum absolute atomic E-state index is 0.0458. The number of nitrogens with two attached hydrogens (primary N) is 1. The van der Waals surface area contributed by atoms with Gasteiger partial charge in [0.2, 0.25) is 5.88 Å². The minimum atomic E-state index is 0.0458. The number of anilines is 2. The van der Waals surface area contributed by atoms with Crippen LogP contribution in [-0.2, 0) is 13.1 Å². The van der Waals surface area contributed by atoms with E-state index in [2.05, 4.69) is 24.6 Å². The summed E-state index contributed by atoms with van der Waals surface area (Å²) in [6.07, 6.45) is 1.81. The molecule has 0 spiro atoms. The van der Waals surface area contributed by atoms with Crippen LogP contribution < -0.4 is 15.4 Å². The van der Waals surface area contributed by atoms with E-state index in [1.165, 1.54) is 0 Å². The first kappa shape index (κ1) is 12.7. The molecular formula is C13H18N6O. The summed E-state index contributed by atoms with van der Waals surface area (Å²) in [6, 6.07) is 3.74. The molecule has 0 unspecified atom stereocenters. The highest BCUT2D eigenvalue weighted by atomic mass is 16.5. The van der Waals surface area contributed by atoms with Gasteiger partial charge in [-0.3, -0.25) is 0 Å². The lowest BCUT2D eigenvalue weighted by atomic mass is 10.3. The Kier molecular flexibility index (Phi) is 3.17. The molecule has 0 saturated carbocycles. The van der Waals surface area contributed by atoms with Gasteiger partial charge >= 0.3 is 0 Å². The van der Waals surface area contributed by atoms with Crippen LogP contribution in [0.25, 0.3) is 0 Å². The van der Waals surface area contributed by atoms with Crippen LogP contribution in [-0.4, -0.2) is 32.4 Å². The largest absolute Gasteiger partial charge is 0.473 e. The highest BCUT2D eigenvalue weighted by molar-refractivity contribution is 5.54. The van der Waals surface area contributed by atoms with Gasteiger partial charge in [0, 0.05) is 13.1 Å². The average molecular weight is 274 g/mol. The smallest absolute Gasteiger partial charge is 0.239 e. The van der Waals surface area contributed by atoms with Crippen LogP contribution in [0.15, 0.2) is 18.5 Å². The maximum absolute atomic E-state index is 5.89. The molecule has 1 aliphatic heterocycles. The normalized spacial score (nSPS) is 14.4. The number of ether oxygens (including phenoxy) is 1. The van der Waals surface area contributed by atoms with E-state index >= 15 is 0 Å². The zero-order valence-electron chi connectivity index (χ0n) is 11.7. The highest BCUT2D eigenvalue weighted by Gasteiger charge is 2.19. The number of rotatable bonds is 3. The number of aromatic nitrogens is 4. The first-order valence-corrected chi connectivity index (χ1v) is 6.68. The van der Waals surface area contributed by atoms with Gasteiger partial charge in [-0.2, -0.15) is 4.98 Å². The van der Waals surface area contributed by atoms with Crippen LogP contribution in [0.2, 0.25) is 0 Å². The standard InChI is InChI=1S/C13H18N6O/c1-9(2)20-13-10(14)3-4-11(16-13)18-5-6-19-8-15-17-12(19)7-18/h3-4,8-9H,5-7,14H2,1-2H3. The summed E-state index contributed by atoms with van der Waals surface area (Å²) in [5.41, 5.74) is 6.45. The molecule has 0 aliphatic carbocycles. The lowest BCUT2D eigenvalue weighted by Crippen LogP contribution is -2.34. The van der Waals surface area contributed by atoms with Crippen LogP contribution in [0.4, 0.5) is 11.5 Å². The molecule has 2 aromatic rings. The van der Waals surface area contributed by atoms with Gasteiger partial charge in [0.15, 0.2) is 5.82 Å². The van der Waals surface area contributed by atoms with Crippen molar-refractivity contribution in [3.05, 3.63) is 24.3 Å². The molecule has 3 heterocycles. The van der Waals surface area contributed by atoms with Crippen molar-refractivity contribution in [3.8, 4) is 5.88 Å². The van der Waals surface area contributed by atoms with Gasteiger partial charge in [0.05, 0.1) is 18.3 Å². The van der Waals surface area contributed by atoms with Gasteiger partial charge in [-0.05, 0) is 26.0 Å². The lowest BCUT2D eigenvalue weighted by Gasteiger charge is -2.28. The van der Waals surface area contributed by atoms with Crippen molar-refractivity contribution in [2.24, 2.45) is 0 Å². The van der Waals surface area contributed by atoms with Crippen LogP contribution in [0.3, 0.4) is 0 Å². The molecule has 2 N–H and O–H groups in total. The van der Waals surface area contributed by atoms with E-state index < -0.39 is 0 Å². The third-order valence-electron chi connectivity index (χ3n) is 3.19. The maximum atomic E-state index is 5.89. The van der Waals surface area contributed by atoms with E-state index in [9.17, 15) is 0 Å². The SMILES string of the molecule is CC(C)Oc1nc(N2CCn3cnnc3C2)ccc1N. The van der Waals surface area contributed by atoms with Crippen LogP contribution >= 0.6 is 0 Å². The number of nitrogens with zero attached hydrogens (tertiary/aromatic N) is 5. The predicted octanol–water partition coefficient (Wildman–Crippen LogP) is 1.06. The van der Waals surface area contributed by atoms with E-state index in [-0.39, 0.29) is 6.10 Å². The summed E-state index contributed by atoms with van der Waals surface area (Å²) in [5, 5.41) is 8.03. The fourth-order valence-corrected chi connectivity index (χ4v) is 2.20. The van der Waals surface area contributed by atoms with Gasteiger partial charge in [0.25, 0.3) is 0 Å². The highest BCUT2D eigenvalue weighted by Crippen LogP contribution is 2.25. The second kappa shape index (κ2) is 4.99. The van der Waals surface area contributed by atoms with Crippen molar-refractivity contribution in [1.82, 2.24) is 19.7 Å². The summed E-state index contributed by atoms with van der Waals surface area (Å²) >= 11 is 0. The number of pyridine rings is 1. The summed E-state index contributed by atoms with van der Waals surface area (Å²) in [7, 11) is 0. The van der Waals surface area contributed by atoms with Gasteiger partial charge < -0.3 is 19.9 Å². The monoisotopic (exact) mass is 274 g/mol. The predicted molar refractivity (Wildman–Crippen MR) is 75.5 cm³/mol. The molecule has 7 heteroatoms. The van der Waals surface area contributed by atoms with Gasteiger partial charge in [-0.1, -0.05) is 0 Å². The average Bonchev–Trinajstić information content (AvgIpc) is 2.88. The number of hydrogen-bond donors (Lipinski definition) is 1. The van der Waals surface area contributed by atoms with Crippen LogP contribution in [0.5, 0.6) is 5.88 Å². The molecule has 106 valence electrons. The van der Waals surface area contributed by atoms with Crippen molar-refractivity contribution < 1.29 is 4.74 Å². The molecule has 20 heavy (non-hydrogen) atoms. The molecule has 0 amide bonds. The number of hydrogen-bond acceptors (Lipinski definition) is 6. The molecule has 7 nitrogen and oxygen atoms in total.